The third kappa shape index (κ3) is 3.11. The Morgan fingerprint density at radius 3 is 2.87 bits per heavy atom. The molecule has 5 heteroatoms. The highest BCUT2D eigenvalue weighted by molar-refractivity contribution is 6.30. The van der Waals surface area contributed by atoms with E-state index in [-0.39, 0.29) is 5.84 Å². The number of rotatable bonds is 4. The Bertz CT molecular complexity index is 354. The van der Waals surface area contributed by atoms with Crippen molar-refractivity contribution in [3.8, 4) is 0 Å². The molecule has 4 nitrogen and oxygen atoms in total. The lowest BCUT2D eigenvalue weighted by Crippen LogP contribution is -2.25. The van der Waals surface area contributed by atoms with Crippen LogP contribution in [0, 0.1) is 0 Å². The van der Waals surface area contributed by atoms with Crippen molar-refractivity contribution in [1.82, 2.24) is 0 Å². The molecule has 0 heterocycles. The molecule has 0 spiro atoms. The van der Waals surface area contributed by atoms with Crippen LogP contribution in [-0.2, 0) is 4.74 Å². The van der Waals surface area contributed by atoms with Crippen molar-refractivity contribution in [2.24, 2.45) is 16.7 Å². The second-order valence-electron chi connectivity index (χ2n) is 2.94. The van der Waals surface area contributed by atoms with E-state index in [0.717, 1.165) is 5.56 Å². The number of hydrazone groups is 1. The monoisotopic (exact) mass is 227 g/mol. The van der Waals surface area contributed by atoms with Crippen LogP contribution in [0.2, 0.25) is 5.02 Å². The summed E-state index contributed by atoms with van der Waals surface area (Å²) < 4.78 is 5.44. The maximum absolute atomic E-state index is 5.87. The number of benzene rings is 1. The van der Waals surface area contributed by atoms with Gasteiger partial charge in [-0.25, -0.2) is 0 Å². The van der Waals surface area contributed by atoms with E-state index in [4.69, 9.17) is 27.9 Å². The van der Waals surface area contributed by atoms with E-state index in [1.54, 1.807) is 12.1 Å². The highest BCUT2D eigenvalue weighted by Gasteiger charge is 2.15. The number of hydrogen-bond donors (Lipinski definition) is 2. The first-order chi connectivity index (χ1) is 7.19. The second-order valence-corrected chi connectivity index (χ2v) is 3.38. The van der Waals surface area contributed by atoms with Gasteiger partial charge >= 0.3 is 0 Å². The highest BCUT2D eigenvalue weighted by atomic mass is 35.5. The summed E-state index contributed by atoms with van der Waals surface area (Å²) in [6, 6.07) is 7.25. The minimum Gasteiger partial charge on any atom is -0.383 e. The SMILES string of the molecule is CCOC(/C(N)=N/N)c1cccc(Cl)c1. The fourth-order valence-corrected chi connectivity index (χ4v) is 1.46. The van der Waals surface area contributed by atoms with Crippen LogP contribution in [0.15, 0.2) is 29.4 Å². The molecule has 0 aliphatic rings. The average Bonchev–Trinajstić information content (AvgIpc) is 2.25. The van der Waals surface area contributed by atoms with Gasteiger partial charge in [-0.1, -0.05) is 23.7 Å². The van der Waals surface area contributed by atoms with Gasteiger partial charge in [-0.05, 0) is 24.6 Å². The first kappa shape index (κ1) is 11.8. The molecule has 0 aliphatic carbocycles. The Labute approximate surface area is 93.9 Å². The molecule has 4 N–H and O–H groups in total. The quantitative estimate of drug-likeness (QED) is 0.356. The number of amidine groups is 1. The van der Waals surface area contributed by atoms with Crippen molar-refractivity contribution in [3.05, 3.63) is 34.9 Å². The van der Waals surface area contributed by atoms with E-state index < -0.39 is 6.10 Å². The molecule has 0 saturated heterocycles. The van der Waals surface area contributed by atoms with Crippen LogP contribution >= 0.6 is 11.6 Å². The summed E-state index contributed by atoms with van der Waals surface area (Å²) in [5.74, 6) is 5.36. The zero-order chi connectivity index (χ0) is 11.3. The molecule has 1 aromatic rings. The van der Waals surface area contributed by atoms with Crippen molar-refractivity contribution < 1.29 is 4.74 Å². The van der Waals surface area contributed by atoms with Gasteiger partial charge in [0.05, 0.1) is 0 Å². The van der Waals surface area contributed by atoms with E-state index >= 15 is 0 Å². The average molecular weight is 228 g/mol. The maximum atomic E-state index is 5.87. The lowest BCUT2D eigenvalue weighted by Gasteiger charge is -2.16. The maximum Gasteiger partial charge on any atom is 0.153 e. The van der Waals surface area contributed by atoms with Gasteiger partial charge in [-0.2, -0.15) is 5.10 Å². The molecular formula is C10H14ClN3O. The summed E-state index contributed by atoms with van der Waals surface area (Å²) in [6.45, 7) is 2.40. The zero-order valence-electron chi connectivity index (χ0n) is 8.48. The minimum atomic E-state index is -0.432. The number of ether oxygens (including phenoxy) is 1. The first-order valence-corrected chi connectivity index (χ1v) is 4.97. The molecular weight excluding hydrogens is 214 g/mol. The molecule has 15 heavy (non-hydrogen) atoms. The van der Waals surface area contributed by atoms with Crippen LogP contribution in [0.5, 0.6) is 0 Å². The van der Waals surface area contributed by atoms with E-state index in [9.17, 15) is 0 Å². The lowest BCUT2D eigenvalue weighted by molar-refractivity contribution is 0.109. The molecule has 82 valence electrons. The largest absolute Gasteiger partial charge is 0.383 e. The summed E-state index contributed by atoms with van der Waals surface area (Å²) >= 11 is 5.87. The van der Waals surface area contributed by atoms with Gasteiger partial charge in [-0.15, -0.1) is 0 Å². The summed E-state index contributed by atoms with van der Waals surface area (Å²) in [7, 11) is 0. The van der Waals surface area contributed by atoms with Crippen molar-refractivity contribution in [1.29, 1.82) is 0 Å². The van der Waals surface area contributed by atoms with Crippen LogP contribution in [-0.4, -0.2) is 12.4 Å². The Hall–Kier alpha value is -1.26. The Morgan fingerprint density at radius 1 is 1.60 bits per heavy atom. The molecule has 0 aromatic heterocycles. The predicted octanol–water partition coefficient (Wildman–Crippen LogP) is 1.65. The fourth-order valence-electron chi connectivity index (χ4n) is 1.26. The van der Waals surface area contributed by atoms with Gasteiger partial charge in [0.1, 0.15) is 6.10 Å². The van der Waals surface area contributed by atoms with Crippen molar-refractivity contribution >= 4 is 17.4 Å². The standard InChI is InChI=1S/C10H14ClN3O/c1-2-15-9(10(12)14-13)7-4-3-5-8(11)6-7/h3-6,9H,2,13H2,1H3,(H2,12,14). The topological polar surface area (TPSA) is 73.6 Å². The van der Waals surface area contributed by atoms with Gasteiger partial charge in [0.25, 0.3) is 0 Å². The summed E-state index contributed by atoms with van der Waals surface area (Å²) in [4.78, 5) is 0. The van der Waals surface area contributed by atoms with Crippen LogP contribution in [0.3, 0.4) is 0 Å². The Balaban J connectivity index is 2.98. The van der Waals surface area contributed by atoms with E-state index in [1.807, 2.05) is 19.1 Å². The van der Waals surface area contributed by atoms with Crippen molar-refractivity contribution in [2.75, 3.05) is 6.61 Å². The number of hydrogen-bond acceptors (Lipinski definition) is 3. The van der Waals surface area contributed by atoms with Gasteiger partial charge in [0.2, 0.25) is 0 Å². The fraction of sp³-hybridized carbons (Fsp3) is 0.300. The number of nitrogens with two attached hydrogens (primary N) is 2. The van der Waals surface area contributed by atoms with Gasteiger partial charge in [0.15, 0.2) is 5.84 Å². The third-order valence-electron chi connectivity index (χ3n) is 1.90. The zero-order valence-corrected chi connectivity index (χ0v) is 9.24. The number of nitrogens with zero attached hydrogens (tertiary/aromatic N) is 1. The predicted molar refractivity (Wildman–Crippen MR) is 61.6 cm³/mol. The van der Waals surface area contributed by atoms with Crippen LogP contribution < -0.4 is 11.6 Å². The van der Waals surface area contributed by atoms with Gasteiger partial charge in [0, 0.05) is 11.6 Å². The van der Waals surface area contributed by atoms with Crippen molar-refractivity contribution in [3.63, 3.8) is 0 Å². The molecule has 0 amide bonds. The molecule has 0 radical (unpaired) electrons. The van der Waals surface area contributed by atoms with E-state index in [2.05, 4.69) is 5.10 Å². The molecule has 1 aromatic carbocycles. The summed E-state index contributed by atoms with van der Waals surface area (Å²) in [6.07, 6.45) is -0.432. The summed E-state index contributed by atoms with van der Waals surface area (Å²) in [5.41, 5.74) is 6.49. The Kier molecular flexibility index (Phi) is 4.39. The van der Waals surface area contributed by atoms with Gasteiger partial charge in [-0.3, -0.25) is 0 Å². The minimum absolute atomic E-state index is 0.235. The molecule has 0 saturated carbocycles. The van der Waals surface area contributed by atoms with Crippen LogP contribution in [0.1, 0.15) is 18.6 Å². The smallest absolute Gasteiger partial charge is 0.153 e. The van der Waals surface area contributed by atoms with Crippen LogP contribution in [0.4, 0.5) is 0 Å². The highest BCUT2D eigenvalue weighted by Crippen LogP contribution is 2.20. The molecule has 1 unspecified atom stereocenters. The molecule has 1 atom stereocenters. The van der Waals surface area contributed by atoms with Gasteiger partial charge < -0.3 is 16.3 Å². The Morgan fingerprint density at radius 2 is 2.33 bits per heavy atom. The normalized spacial score (nSPS) is 13.9. The molecule has 0 bridgehead atoms. The summed E-state index contributed by atoms with van der Waals surface area (Å²) in [5, 5.41) is 4.07. The molecule has 0 aliphatic heterocycles. The third-order valence-corrected chi connectivity index (χ3v) is 2.14. The number of halogens is 1. The van der Waals surface area contributed by atoms with Crippen LogP contribution in [0.25, 0.3) is 0 Å². The van der Waals surface area contributed by atoms with Crippen molar-refractivity contribution in [2.45, 2.75) is 13.0 Å². The lowest BCUT2D eigenvalue weighted by atomic mass is 10.1. The molecule has 1 rings (SSSR count). The first-order valence-electron chi connectivity index (χ1n) is 4.59. The van der Waals surface area contributed by atoms with E-state index in [1.165, 1.54) is 0 Å². The second kappa shape index (κ2) is 5.58. The van der Waals surface area contributed by atoms with E-state index in [0.29, 0.717) is 11.6 Å². The molecule has 0 fully saturated rings.